The zero-order valence-corrected chi connectivity index (χ0v) is 29.9. The van der Waals surface area contributed by atoms with Crippen molar-refractivity contribution in [2.24, 2.45) is 5.92 Å². The van der Waals surface area contributed by atoms with Crippen molar-refractivity contribution >= 4 is 50.6 Å². The molecule has 1 atom stereocenters. The molecule has 53 heavy (non-hydrogen) atoms. The molecule has 1 amide bonds. The highest BCUT2D eigenvalue weighted by Gasteiger charge is 2.35. The number of rotatable bonds is 11. The Hall–Kier alpha value is -4.95. The summed E-state index contributed by atoms with van der Waals surface area (Å²) < 4.78 is 86.4. The minimum atomic E-state index is -3.44. The maximum atomic E-state index is 13.6. The molecular formula is C39H40F4N4O5S. The van der Waals surface area contributed by atoms with Crippen LogP contribution in [0, 0.1) is 29.2 Å². The fourth-order valence-electron chi connectivity index (χ4n) is 7.34. The number of anilines is 1. The van der Waals surface area contributed by atoms with Gasteiger partial charge in [0, 0.05) is 66.2 Å². The molecule has 9 nitrogen and oxygen atoms in total. The van der Waals surface area contributed by atoms with Gasteiger partial charge in [-0.05, 0) is 122 Å². The van der Waals surface area contributed by atoms with Gasteiger partial charge < -0.3 is 14.6 Å². The van der Waals surface area contributed by atoms with Crippen LogP contribution < -0.4 is 4.72 Å². The maximum Gasteiger partial charge on any atom is 0.330 e. The van der Waals surface area contributed by atoms with Gasteiger partial charge in [0.25, 0.3) is 0 Å². The molecule has 6 rings (SSSR count). The van der Waals surface area contributed by atoms with Gasteiger partial charge in [-0.15, -0.1) is 0 Å². The number of carbonyl (C=O) groups excluding carboxylic acids is 2. The molecule has 2 fully saturated rings. The molecule has 0 bridgehead atoms. The van der Waals surface area contributed by atoms with E-state index < -0.39 is 39.3 Å². The van der Waals surface area contributed by atoms with Crippen LogP contribution in [0.15, 0.2) is 72.9 Å². The van der Waals surface area contributed by atoms with E-state index in [4.69, 9.17) is 4.74 Å². The lowest BCUT2D eigenvalue weighted by molar-refractivity contribution is -0.140. The number of halogens is 4. The number of sulfonamides is 1. The van der Waals surface area contributed by atoms with Crippen LogP contribution in [0.5, 0.6) is 0 Å². The minimum Gasteiger partial charge on any atom is -0.461 e. The Kier molecular flexibility index (Phi) is 11.7. The SMILES string of the molecule is CS(=O)(=O)Nc1ccc2[nH]cc(C3CCN(C(COC(=O)/C=C/c4cc(F)cc(F)c4)C4CCN(C(=O)/C=C/c5cc(F)cc(F)c5)CC4)CC3)c2c1. The van der Waals surface area contributed by atoms with Gasteiger partial charge in [0.05, 0.1) is 6.26 Å². The Bertz CT molecular complexity index is 2100. The van der Waals surface area contributed by atoms with Crippen LogP contribution in [0.25, 0.3) is 23.1 Å². The van der Waals surface area contributed by atoms with Gasteiger partial charge in [0.1, 0.15) is 29.9 Å². The molecule has 2 aliphatic rings. The van der Waals surface area contributed by atoms with Crippen molar-refractivity contribution in [3.8, 4) is 0 Å². The number of nitrogens with zero attached hydrogens (tertiary/aromatic N) is 2. The van der Waals surface area contributed by atoms with E-state index in [1.807, 2.05) is 18.3 Å². The normalized spacial score (nSPS) is 17.2. The fourth-order valence-corrected chi connectivity index (χ4v) is 7.89. The lowest BCUT2D eigenvalue weighted by atomic mass is 9.84. The molecule has 0 radical (unpaired) electrons. The standard InChI is InChI=1S/C39H40F4N4O5S/c1-53(50,51)45-33-4-5-36-34(22-33)35(23-44-36)27-8-12-46(13-9-27)37(24-52-39(49)7-3-26-18-31(42)21-32(43)19-26)28-10-14-47(15-11-28)38(48)6-2-25-16-29(40)20-30(41)17-25/h2-7,16-23,27-28,37,44-45H,8-15,24H2,1H3/b6-2+,7-3+. The summed E-state index contributed by atoms with van der Waals surface area (Å²) in [5.74, 6) is -3.64. The first-order valence-electron chi connectivity index (χ1n) is 17.4. The quantitative estimate of drug-likeness (QED) is 0.0986. The van der Waals surface area contributed by atoms with E-state index in [0.29, 0.717) is 44.7 Å². The number of likely N-dealkylation sites (tertiary alicyclic amines) is 2. The van der Waals surface area contributed by atoms with Crippen molar-refractivity contribution < 1.29 is 40.3 Å². The summed E-state index contributed by atoms with van der Waals surface area (Å²) in [6, 6.07) is 11.2. The fraction of sp³-hybridized carbons (Fsp3) is 0.333. The van der Waals surface area contributed by atoms with E-state index >= 15 is 0 Å². The summed E-state index contributed by atoms with van der Waals surface area (Å²) in [6.45, 7) is 2.35. The molecule has 2 aliphatic heterocycles. The lowest BCUT2D eigenvalue weighted by Crippen LogP contribution is -2.51. The van der Waals surface area contributed by atoms with Crippen molar-refractivity contribution in [2.75, 3.05) is 43.8 Å². The van der Waals surface area contributed by atoms with Gasteiger partial charge in [0.2, 0.25) is 15.9 Å². The molecule has 0 spiro atoms. The molecule has 2 N–H and O–H groups in total. The van der Waals surface area contributed by atoms with E-state index in [1.54, 1.807) is 11.0 Å². The van der Waals surface area contributed by atoms with Gasteiger partial charge >= 0.3 is 5.97 Å². The minimum absolute atomic E-state index is 0.0720. The average Bonchev–Trinajstić information content (AvgIpc) is 3.52. The number of piperidine rings is 2. The third-order valence-electron chi connectivity index (χ3n) is 9.85. The van der Waals surface area contributed by atoms with Crippen molar-refractivity contribution in [3.05, 3.63) is 113 Å². The first kappa shape index (κ1) is 37.8. The summed E-state index contributed by atoms with van der Waals surface area (Å²) in [5, 5.41) is 0.946. The smallest absolute Gasteiger partial charge is 0.330 e. The number of nitrogens with one attached hydrogen (secondary N) is 2. The highest BCUT2D eigenvalue weighted by molar-refractivity contribution is 7.92. The monoisotopic (exact) mass is 752 g/mol. The Morgan fingerprint density at radius 1 is 0.849 bits per heavy atom. The summed E-state index contributed by atoms with van der Waals surface area (Å²) >= 11 is 0. The number of benzene rings is 3. The second kappa shape index (κ2) is 16.4. The van der Waals surface area contributed by atoms with Crippen molar-refractivity contribution in [2.45, 2.75) is 37.6 Å². The highest BCUT2D eigenvalue weighted by atomic mass is 32.2. The maximum absolute atomic E-state index is 13.6. The van der Waals surface area contributed by atoms with Crippen molar-refractivity contribution in [1.29, 1.82) is 0 Å². The summed E-state index contributed by atoms with van der Waals surface area (Å²) in [4.78, 5) is 33.1. The summed E-state index contributed by atoms with van der Waals surface area (Å²) in [7, 11) is -3.44. The molecule has 2 saturated heterocycles. The van der Waals surface area contributed by atoms with Crippen LogP contribution in [0.3, 0.4) is 0 Å². The summed E-state index contributed by atoms with van der Waals surface area (Å²) in [6.07, 6.45) is 11.1. The number of hydrogen-bond donors (Lipinski definition) is 2. The predicted octanol–water partition coefficient (Wildman–Crippen LogP) is 6.85. The van der Waals surface area contributed by atoms with E-state index in [-0.39, 0.29) is 41.5 Å². The average molecular weight is 753 g/mol. The number of amides is 1. The van der Waals surface area contributed by atoms with E-state index in [9.17, 15) is 35.6 Å². The third kappa shape index (κ3) is 10.1. The van der Waals surface area contributed by atoms with Crippen LogP contribution in [0.2, 0.25) is 0 Å². The Balaban J connectivity index is 1.12. The first-order chi connectivity index (χ1) is 25.3. The zero-order valence-electron chi connectivity index (χ0n) is 29.0. The molecule has 1 unspecified atom stereocenters. The molecule has 3 heterocycles. The van der Waals surface area contributed by atoms with Crippen molar-refractivity contribution in [1.82, 2.24) is 14.8 Å². The Labute approximate surface area is 305 Å². The van der Waals surface area contributed by atoms with Gasteiger partial charge in [0.15, 0.2) is 0 Å². The van der Waals surface area contributed by atoms with Crippen molar-refractivity contribution in [3.63, 3.8) is 0 Å². The van der Waals surface area contributed by atoms with E-state index in [0.717, 1.165) is 78.0 Å². The second-order valence-corrected chi connectivity index (χ2v) is 15.4. The number of H-pyrrole nitrogens is 1. The molecule has 14 heteroatoms. The third-order valence-corrected chi connectivity index (χ3v) is 10.5. The van der Waals surface area contributed by atoms with Gasteiger partial charge in [-0.25, -0.2) is 30.8 Å². The number of carbonyl (C=O) groups is 2. The topological polar surface area (TPSA) is 112 Å². The van der Waals surface area contributed by atoms with E-state index in [2.05, 4.69) is 14.6 Å². The number of esters is 1. The number of aromatic amines is 1. The molecule has 280 valence electrons. The molecule has 3 aromatic carbocycles. The molecular weight excluding hydrogens is 713 g/mol. The molecule has 1 aromatic heterocycles. The second-order valence-electron chi connectivity index (χ2n) is 13.6. The Morgan fingerprint density at radius 2 is 1.43 bits per heavy atom. The lowest BCUT2D eigenvalue weighted by Gasteiger charge is -2.43. The Morgan fingerprint density at radius 3 is 2.02 bits per heavy atom. The van der Waals surface area contributed by atoms with Crippen LogP contribution in [0.1, 0.15) is 48.3 Å². The first-order valence-corrected chi connectivity index (χ1v) is 19.3. The molecule has 0 aliphatic carbocycles. The predicted molar refractivity (Wildman–Crippen MR) is 195 cm³/mol. The van der Waals surface area contributed by atoms with E-state index in [1.165, 1.54) is 18.2 Å². The largest absolute Gasteiger partial charge is 0.461 e. The zero-order chi connectivity index (χ0) is 37.7. The number of aromatic nitrogens is 1. The number of fused-ring (bicyclic) bond motifs is 1. The van der Waals surface area contributed by atoms with Crippen LogP contribution in [-0.2, 0) is 24.3 Å². The summed E-state index contributed by atoms with van der Waals surface area (Å²) in [5.41, 5.74) is 2.91. The number of hydrogen-bond acceptors (Lipinski definition) is 6. The van der Waals surface area contributed by atoms with Crippen LogP contribution in [-0.4, -0.2) is 80.2 Å². The molecule has 4 aromatic rings. The van der Waals surface area contributed by atoms with Gasteiger partial charge in [-0.2, -0.15) is 0 Å². The van der Waals surface area contributed by atoms with Crippen LogP contribution in [0.4, 0.5) is 23.2 Å². The number of ether oxygens (including phenoxy) is 1. The molecule has 0 saturated carbocycles. The van der Waals surface area contributed by atoms with Gasteiger partial charge in [-0.1, -0.05) is 0 Å². The van der Waals surface area contributed by atoms with Crippen LogP contribution >= 0.6 is 0 Å². The highest BCUT2D eigenvalue weighted by Crippen LogP contribution is 2.36. The van der Waals surface area contributed by atoms with Gasteiger partial charge in [-0.3, -0.25) is 14.4 Å².